The van der Waals surface area contributed by atoms with Crippen molar-refractivity contribution in [3.8, 4) is 5.75 Å². The molecule has 2 amide bonds. The van der Waals surface area contributed by atoms with Gasteiger partial charge in [-0.25, -0.2) is 4.79 Å². The number of aliphatic carboxylic acids is 1. The van der Waals surface area contributed by atoms with Crippen molar-refractivity contribution in [1.82, 2.24) is 19.8 Å². The number of carbonyl (C=O) groups is 3. The molecule has 0 radical (unpaired) electrons. The Morgan fingerprint density at radius 3 is 2.56 bits per heavy atom. The number of fused-ring (bicyclic) bond motifs is 1. The first-order valence-corrected chi connectivity index (χ1v) is 10.0. The topological polar surface area (TPSA) is 173 Å². The summed E-state index contributed by atoms with van der Waals surface area (Å²) in [4.78, 5) is 50.8. The Hall–Kier alpha value is -3.38. The summed E-state index contributed by atoms with van der Waals surface area (Å²) in [6.45, 7) is 3.13. The molecule has 5 N–H and O–H groups in total. The van der Waals surface area contributed by atoms with Crippen LogP contribution in [0.15, 0.2) is 28.3 Å². The van der Waals surface area contributed by atoms with Crippen LogP contribution in [0.1, 0.15) is 19.5 Å². The Labute approximate surface area is 182 Å². The van der Waals surface area contributed by atoms with Gasteiger partial charge in [0.15, 0.2) is 5.75 Å². The summed E-state index contributed by atoms with van der Waals surface area (Å²) in [7, 11) is 1.62. The van der Waals surface area contributed by atoms with Gasteiger partial charge in [0.05, 0.1) is 43.0 Å². The molecule has 1 aromatic rings. The van der Waals surface area contributed by atoms with Crippen molar-refractivity contribution in [1.29, 1.82) is 0 Å². The fourth-order valence-corrected chi connectivity index (χ4v) is 4.38. The van der Waals surface area contributed by atoms with Crippen molar-refractivity contribution in [2.24, 2.45) is 11.8 Å². The van der Waals surface area contributed by atoms with Gasteiger partial charge in [-0.2, -0.15) is 4.73 Å². The highest BCUT2D eigenvalue weighted by Gasteiger charge is 2.59. The minimum atomic E-state index is -1.24. The lowest BCUT2D eigenvalue weighted by Gasteiger charge is -2.46. The van der Waals surface area contributed by atoms with Crippen LogP contribution in [0.5, 0.6) is 5.75 Å². The van der Waals surface area contributed by atoms with Crippen LogP contribution in [0.3, 0.4) is 0 Å². The number of likely N-dealkylation sites (N-methyl/N-ethyl adjacent to an activating group) is 1. The van der Waals surface area contributed by atoms with E-state index in [0.717, 1.165) is 12.3 Å². The molecule has 0 aromatic carbocycles. The number of pyridine rings is 1. The van der Waals surface area contributed by atoms with Crippen molar-refractivity contribution in [2.75, 3.05) is 20.1 Å². The van der Waals surface area contributed by atoms with Crippen LogP contribution >= 0.6 is 0 Å². The quantitative estimate of drug-likeness (QED) is 0.234. The monoisotopic (exact) mass is 450 g/mol. The SMILES string of the molecule is CC(O)C1C(=O)N2C(C(=O)O)=C(CN(C)CC(=O)NCc3cc(=O)c(O)cn3O)C(C)[C@H]12. The van der Waals surface area contributed by atoms with E-state index in [4.69, 9.17) is 0 Å². The van der Waals surface area contributed by atoms with Gasteiger partial charge < -0.3 is 30.7 Å². The number of hydrogen-bond acceptors (Lipinski definition) is 8. The molecule has 12 nitrogen and oxygen atoms in total. The van der Waals surface area contributed by atoms with E-state index in [9.17, 15) is 39.7 Å². The predicted molar refractivity (Wildman–Crippen MR) is 109 cm³/mol. The van der Waals surface area contributed by atoms with Gasteiger partial charge in [0.1, 0.15) is 5.70 Å². The first kappa shape index (κ1) is 23.3. The fraction of sp³-hybridized carbons (Fsp3) is 0.500. The van der Waals surface area contributed by atoms with E-state index < -0.39 is 47.0 Å². The zero-order valence-corrected chi connectivity index (χ0v) is 17.8. The van der Waals surface area contributed by atoms with Crippen LogP contribution in [0, 0.1) is 11.8 Å². The maximum absolute atomic E-state index is 12.4. The lowest BCUT2D eigenvalue weighted by atomic mass is 9.77. The number of carboxylic acid groups (broad SMARTS) is 1. The van der Waals surface area contributed by atoms with Gasteiger partial charge in [0.2, 0.25) is 17.2 Å². The summed E-state index contributed by atoms with van der Waals surface area (Å²) in [5.41, 5.74) is -0.243. The number of aromatic nitrogens is 1. The van der Waals surface area contributed by atoms with E-state index in [1.54, 1.807) is 18.9 Å². The molecule has 0 spiro atoms. The first-order chi connectivity index (χ1) is 14.9. The molecule has 1 saturated heterocycles. The van der Waals surface area contributed by atoms with Gasteiger partial charge in [0, 0.05) is 18.5 Å². The smallest absolute Gasteiger partial charge is 0.352 e. The molecule has 2 aliphatic rings. The van der Waals surface area contributed by atoms with Crippen molar-refractivity contribution in [3.05, 3.63) is 39.5 Å². The van der Waals surface area contributed by atoms with Crippen molar-refractivity contribution in [2.45, 2.75) is 32.5 Å². The number of amides is 2. The number of rotatable bonds is 8. The highest BCUT2D eigenvalue weighted by Crippen LogP contribution is 2.47. The molecule has 3 unspecified atom stereocenters. The van der Waals surface area contributed by atoms with E-state index in [1.807, 2.05) is 0 Å². The Morgan fingerprint density at radius 2 is 1.97 bits per heavy atom. The molecule has 0 aliphatic carbocycles. The molecule has 3 heterocycles. The Kier molecular flexibility index (Phi) is 6.28. The summed E-state index contributed by atoms with van der Waals surface area (Å²) in [5.74, 6) is -3.70. The summed E-state index contributed by atoms with van der Waals surface area (Å²) < 4.78 is 0.532. The Morgan fingerprint density at radius 1 is 1.31 bits per heavy atom. The van der Waals surface area contributed by atoms with Gasteiger partial charge in [-0.05, 0) is 19.5 Å². The van der Waals surface area contributed by atoms with E-state index in [2.05, 4.69) is 5.32 Å². The highest BCUT2D eigenvalue weighted by atomic mass is 16.5. The van der Waals surface area contributed by atoms with Crippen LogP contribution in [-0.4, -0.2) is 85.1 Å². The van der Waals surface area contributed by atoms with Crippen LogP contribution in [0.2, 0.25) is 0 Å². The molecule has 1 aromatic heterocycles. The summed E-state index contributed by atoms with van der Waals surface area (Å²) in [5, 5.41) is 41.1. The number of aliphatic hydroxyl groups excluding tert-OH is 1. The largest absolute Gasteiger partial charge is 0.503 e. The van der Waals surface area contributed by atoms with Crippen molar-refractivity contribution in [3.63, 3.8) is 0 Å². The number of nitrogens with zero attached hydrogens (tertiary/aromatic N) is 3. The van der Waals surface area contributed by atoms with Gasteiger partial charge in [0.25, 0.3) is 0 Å². The third-order valence-corrected chi connectivity index (χ3v) is 5.93. The zero-order valence-electron chi connectivity index (χ0n) is 17.8. The molecule has 0 bridgehead atoms. The zero-order chi connectivity index (χ0) is 23.9. The van der Waals surface area contributed by atoms with Crippen LogP contribution < -0.4 is 10.7 Å². The fourth-order valence-electron chi connectivity index (χ4n) is 4.38. The van der Waals surface area contributed by atoms with Gasteiger partial charge in [-0.3, -0.25) is 19.3 Å². The number of aromatic hydroxyl groups is 1. The van der Waals surface area contributed by atoms with E-state index in [-0.39, 0.29) is 36.9 Å². The van der Waals surface area contributed by atoms with E-state index >= 15 is 0 Å². The average Bonchev–Trinajstić information content (AvgIpc) is 2.92. The molecule has 4 atom stereocenters. The lowest BCUT2D eigenvalue weighted by Crippen LogP contribution is -2.63. The number of nitrogens with one attached hydrogen (secondary N) is 1. The lowest BCUT2D eigenvalue weighted by molar-refractivity contribution is -0.163. The summed E-state index contributed by atoms with van der Waals surface area (Å²) in [6, 6.07) is 0.560. The third-order valence-electron chi connectivity index (χ3n) is 5.93. The molecule has 2 aliphatic heterocycles. The summed E-state index contributed by atoms with van der Waals surface area (Å²) >= 11 is 0. The molecular formula is C20H26N4O8. The predicted octanol–water partition coefficient (Wildman–Crippen LogP) is -1.46. The molecule has 3 rings (SSSR count). The van der Waals surface area contributed by atoms with Gasteiger partial charge >= 0.3 is 5.97 Å². The van der Waals surface area contributed by atoms with E-state index in [0.29, 0.717) is 10.3 Å². The number of carboxylic acids is 1. The molecule has 12 heteroatoms. The maximum Gasteiger partial charge on any atom is 0.352 e. The van der Waals surface area contributed by atoms with Crippen molar-refractivity contribution >= 4 is 17.8 Å². The normalized spacial score (nSPS) is 23.2. The Balaban J connectivity index is 1.65. The van der Waals surface area contributed by atoms with Crippen LogP contribution in [-0.2, 0) is 20.9 Å². The minimum Gasteiger partial charge on any atom is -0.503 e. The van der Waals surface area contributed by atoms with Gasteiger partial charge in [-0.15, -0.1) is 0 Å². The molecule has 1 fully saturated rings. The second-order valence-electron chi connectivity index (χ2n) is 8.24. The molecule has 32 heavy (non-hydrogen) atoms. The standard InChI is InChI=1S/C20H26N4O8/c1-9-12(18(20(30)31)24-17(9)16(10(2)25)19(24)29)6-22(3)8-15(28)21-5-11-4-13(26)14(27)7-23(11)32/h4,7,9-10,16-17,25,27,32H,5-6,8H2,1-3H3,(H,21,28)(H,30,31)/t9?,10?,16?,17-/m1/s1. The van der Waals surface area contributed by atoms with Crippen molar-refractivity contribution < 1.29 is 34.9 Å². The number of aliphatic hydroxyl groups is 1. The van der Waals surface area contributed by atoms with Gasteiger partial charge in [-0.1, -0.05) is 6.92 Å². The first-order valence-electron chi connectivity index (χ1n) is 10.0. The van der Waals surface area contributed by atoms with E-state index in [1.165, 1.54) is 11.8 Å². The second kappa shape index (κ2) is 8.63. The Bertz CT molecular complexity index is 1050. The number of carbonyl (C=O) groups excluding carboxylic acids is 2. The molecular weight excluding hydrogens is 424 g/mol. The molecule has 174 valence electrons. The van der Waals surface area contributed by atoms with Crippen LogP contribution in [0.4, 0.5) is 0 Å². The minimum absolute atomic E-state index is 0.0659. The second-order valence-corrected chi connectivity index (χ2v) is 8.24. The third kappa shape index (κ3) is 4.06. The average molecular weight is 450 g/mol. The summed E-state index contributed by atoms with van der Waals surface area (Å²) in [6.07, 6.45) is -0.0733. The highest BCUT2D eigenvalue weighted by molar-refractivity contribution is 6.00. The number of β-lactam (4-membered cyclic amide) rings is 1. The molecule has 0 saturated carbocycles. The van der Waals surface area contributed by atoms with Crippen LogP contribution in [0.25, 0.3) is 0 Å². The maximum atomic E-state index is 12.4. The number of hydrogen-bond donors (Lipinski definition) is 5.